The topological polar surface area (TPSA) is 172 Å². The second-order valence-electron chi connectivity index (χ2n) is 13.5. The summed E-state index contributed by atoms with van der Waals surface area (Å²) in [6.45, 7) is 11.0. The zero-order valence-corrected chi connectivity index (χ0v) is 30.6. The Kier molecular flexibility index (Phi) is 10.9. The summed E-state index contributed by atoms with van der Waals surface area (Å²) in [7, 11) is -3.95. The molecule has 0 unspecified atom stereocenters. The van der Waals surface area contributed by atoms with E-state index in [4.69, 9.17) is 4.74 Å². The zero-order valence-electron chi connectivity index (χ0n) is 29.8. The van der Waals surface area contributed by atoms with Gasteiger partial charge in [-0.25, -0.2) is 13.1 Å². The molecule has 2 atom stereocenters. The molecule has 1 aliphatic rings. The summed E-state index contributed by atoms with van der Waals surface area (Å²) in [5.41, 5.74) is 3.96. The molecule has 2 heterocycles. The van der Waals surface area contributed by atoms with Crippen LogP contribution in [-0.4, -0.2) is 86.4 Å². The summed E-state index contributed by atoms with van der Waals surface area (Å²) >= 11 is 0. The number of hydrogen-bond donors (Lipinski definition) is 2. The quantitative estimate of drug-likeness (QED) is 0.192. The fraction of sp³-hybridized carbons (Fsp3) is 0.432. The van der Waals surface area contributed by atoms with Gasteiger partial charge in [0.05, 0.1) is 23.9 Å². The summed E-state index contributed by atoms with van der Waals surface area (Å²) in [5.74, 6) is -3.32. The third kappa shape index (κ3) is 7.47. The van der Waals surface area contributed by atoms with Gasteiger partial charge >= 0.3 is 11.9 Å². The van der Waals surface area contributed by atoms with E-state index in [0.717, 1.165) is 32.7 Å². The van der Waals surface area contributed by atoms with E-state index in [1.807, 2.05) is 58.0 Å². The first-order chi connectivity index (χ1) is 24.1. The minimum Gasteiger partial charge on any atom is -0.488 e. The molecule has 0 saturated carbocycles. The molecule has 13 nitrogen and oxygen atoms in total. The van der Waals surface area contributed by atoms with E-state index in [-0.39, 0.29) is 30.6 Å². The summed E-state index contributed by atoms with van der Waals surface area (Å²) in [6, 6.07) is 16.1. The molecule has 0 aliphatic carbocycles. The molecule has 0 saturated heterocycles. The van der Waals surface area contributed by atoms with Crippen molar-refractivity contribution in [2.24, 2.45) is 5.41 Å². The summed E-state index contributed by atoms with van der Waals surface area (Å²) in [4.78, 5) is 39.0. The van der Waals surface area contributed by atoms with Crippen LogP contribution in [0.25, 0.3) is 11.0 Å². The van der Waals surface area contributed by atoms with Gasteiger partial charge in [0.15, 0.2) is 0 Å². The van der Waals surface area contributed by atoms with Crippen LogP contribution in [-0.2, 0) is 37.5 Å². The van der Waals surface area contributed by atoms with Crippen LogP contribution in [0, 0.1) is 19.3 Å². The lowest BCUT2D eigenvalue weighted by molar-refractivity contribution is -0.150. The van der Waals surface area contributed by atoms with E-state index < -0.39 is 52.2 Å². The number of carboxylic acids is 2. The van der Waals surface area contributed by atoms with E-state index in [0.29, 0.717) is 29.8 Å². The van der Waals surface area contributed by atoms with Crippen LogP contribution < -0.4 is 4.74 Å². The van der Waals surface area contributed by atoms with Crippen LogP contribution in [0.5, 0.6) is 5.75 Å². The van der Waals surface area contributed by atoms with Crippen molar-refractivity contribution >= 4 is 38.9 Å². The average Bonchev–Trinajstić information content (AvgIpc) is 3.47. The highest BCUT2D eigenvalue weighted by atomic mass is 32.2. The van der Waals surface area contributed by atoms with Gasteiger partial charge < -0.3 is 19.8 Å². The molecule has 51 heavy (non-hydrogen) atoms. The molecule has 14 heteroatoms. The first-order valence-corrected chi connectivity index (χ1v) is 18.4. The molecule has 0 radical (unpaired) electrons. The number of nitrogens with zero attached hydrogens (tertiary/aromatic N) is 5. The smallest absolute Gasteiger partial charge is 0.323 e. The maximum atomic E-state index is 14.4. The number of aromatic nitrogens is 3. The molecule has 1 amide bonds. The second-order valence-corrected chi connectivity index (χ2v) is 15.5. The fourth-order valence-electron chi connectivity index (χ4n) is 6.93. The molecule has 5 rings (SSSR count). The number of sulfonamides is 1. The Hall–Kier alpha value is -4.82. The van der Waals surface area contributed by atoms with Crippen molar-refractivity contribution < 1.29 is 37.8 Å². The van der Waals surface area contributed by atoms with Crippen molar-refractivity contribution in [1.82, 2.24) is 24.2 Å². The Labute approximate surface area is 297 Å². The largest absolute Gasteiger partial charge is 0.488 e. The van der Waals surface area contributed by atoms with Crippen molar-refractivity contribution in [2.75, 3.05) is 19.6 Å². The normalized spacial score (nSPS) is 16.5. The number of rotatable bonds is 13. The number of amides is 1. The summed E-state index contributed by atoms with van der Waals surface area (Å²) in [6.07, 6.45) is -0.194. The maximum absolute atomic E-state index is 14.4. The van der Waals surface area contributed by atoms with Gasteiger partial charge in [0.25, 0.3) is 0 Å². The molecule has 0 spiro atoms. The highest BCUT2D eigenvalue weighted by molar-refractivity contribution is 7.89. The average molecular weight is 720 g/mol. The zero-order chi connectivity index (χ0) is 37.2. The number of aryl methyl sites for hydroxylation is 3. The molecule has 0 fully saturated rings. The molecule has 2 N–H and O–H groups in total. The Balaban J connectivity index is 1.65. The van der Waals surface area contributed by atoms with Gasteiger partial charge in [-0.2, -0.15) is 4.31 Å². The molecular formula is C37H45N5O8S. The van der Waals surface area contributed by atoms with Crippen LogP contribution in [0.4, 0.5) is 0 Å². The standard InChI is InChI=1S/C37H45N5O8S/c1-7-27-21-41(51(48,49)31-12-10-9-11-30(31)50-27)20-26-19-25(14-13-23(26)3)34(28-15-16-29-35(24(28)4)38-39-42(29)8-2)37(5,6)36(47)40(22-33(45)46)18-17-32(43)44/h9-16,19,27,34H,7-8,17-18,20-22H2,1-6H3,(H,43,44)(H,45,46)/t27-,34+/m1/s1. The van der Waals surface area contributed by atoms with Crippen molar-refractivity contribution in [3.05, 3.63) is 82.4 Å². The Morgan fingerprint density at radius 2 is 1.76 bits per heavy atom. The van der Waals surface area contributed by atoms with Crippen LogP contribution in [0.15, 0.2) is 59.5 Å². The lowest BCUT2D eigenvalue weighted by Gasteiger charge is -2.38. The first kappa shape index (κ1) is 37.4. The number of benzene rings is 3. The van der Waals surface area contributed by atoms with Crippen molar-refractivity contribution in [1.29, 1.82) is 0 Å². The highest BCUT2D eigenvalue weighted by Gasteiger charge is 2.43. The minimum atomic E-state index is -3.95. The first-order valence-electron chi connectivity index (χ1n) is 17.0. The van der Waals surface area contributed by atoms with Crippen LogP contribution >= 0.6 is 0 Å². The number of carboxylic acid groups (broad SMARTS) is 2. The maximum Gasteiger partial charge on any atom is 0.323 e. The molecule has 4 aromatic rings. The lowest BCUT2D eigenvalue weighted by Crippen LogP contribution is -2.47. The molecular weight excluding hydrogens is 675 g/mol. The highest BCUT2D eigenvalue weighted by Crippen LogP contribution is 2.45. The van der Waals surface area contributed by atoms with Crippen LogP contribution in [0.3, 0.4) is 0 Å². The fourth-order valence-corrected chi connectivity index (χ4v) is 8.50. The number of carbonyl (C=O) groups excluding carboxylic acids is 1. The predicted octanol–water partition coefficient (Wildman–Crippen LogP) is 4.98. The van der Waals surface area contributed by atoms with Crippen molar-refractivity contribution in [2.45, 2.75) is 84.4 Å². The van der Waals surface area contributed by atoms with Crippen molar-refractivity contribution in [3.8, 4) is 5.75 Å². The number of ether oxygens (including phenoxy) is 1. The second kappa shape index (κ2) is 14.8. The van der Waals surface area contributed by atoms with E-state index in [9.17, 15) is 33.0 Å². The van der Waals surface area contributed by atoms with Gasteiger partial charge in [-0.15, -0.1) is 5.10 Å². The van der Waals surface area contributed by atoms with Gasteiger partial charge in [0, 0.05) is 25.6 Å². The monoisotopic (exact) mass is 719 g/mol. The minimum absolute atomic E-state index is 0.0455. The Bertz CT molecular complexity index is 2080. The Morgan fingerprint density at radius 3 is 2.43 bits per heavy atom. The van der Waals surface area contributed by atoms with Gasteiger partial charge in [-0.3, -0.25) is 14.4 Å². The molecule has 272 valence electrons. The number of para-hydroxylation sites is 1. The van der Waals surface area contributed by atoms with Gasteiger partial charge in [-0.1, -0.05) is 62.4 Å². The number of hydrogen-bond acceptors (Lipinski definition) is 8. The van der Waals surface area contributed by atoms with E-state index in [1.54, 1.807) is 42.8 Å². The summed E-state index contributed by atoms with van der Waals surface area (Å²) in [5, 5.41) is 27.8. The number of carbonyl (C=O) groups is 3. The molecule has 0 bridgehead atoms. The van der Waals surface area contributed by atoms with Crippen LogP contribution in [0.2, 0.25) is 0 Å². The van der Waals surface area contributed by atoms with Gasteiger partial charge in [-0.05, 0) is 73.2 Å². The van der Waals surface area contributed by atoms with Gasteiger partial charge in [0.1, 0.15) is 28.8 Å². The molecule has 1 aliphatic heterocycles. The van der Waals surface area contributed by atoms with Gasteiger partial charge in [0.2, 0.25) is 15.9 Å². The van der Waals surface area contributed by atoms with Crippen molar-refractivity contribution in [3.63, 3.8) is 0 Å². The third-order valence-corrected chi connectivity index (χ3v) is 11.6. The number of fused-ring (bicyclic) bond motifs is 2. The predicted molar refractivity (Wildman–Crippen MR) is 190 cm³/mol. The lowest BCUT2D eigenvalue weighted by atomic mass is 9.68. The summed E-state index contributed by atoms with van der Waals surface area (Å²) < 4.78 is 37.4. The molecule has 3 aromatic carbocycles. The Morgan fingerprint density at radius 1 is 1.04 bits per heavy atom. The number of aliphatic carboxylic acids is 2. The van der Waals surface area contributed by atoms with E-state index >= 15 is 0 Å². The van der Waals surface area contributed by atoms with E-state index in [2.05, 4.69) is 10.3 Å². The third-order valence-electron chi connectivity index (χ3n) is 9.75. The SMILES string of the molecule is CC[C@@H]1CN(Cc2cc([C@@H](c3ccc4c(nnn4CC)c3C)C(C)(C)C(=O)N(CCC(=O)O)CC(=O)O)ccc2C)S(=O)(=O)c2ccccc2O1. The van der Waals surface area contributed by atoms with Crippen LogP contribution in [0.1, 0.15) is 74.3 Å². The van der Waals surface area contributed by atoms with E-state index in [1.165, 1.54) is 4.31 Å². The molecule has 1 aromatic heterocycles.